The second-order valence-electron chi connectivity index (χ2n) is 9.06. The van der Waals surface area contributed by atoms with Crippen molar-refractivity contribution in [2.45, 2.75) is 76.0 Å². The van der Waals surface area contributed by atoms with Gasteiger partial charge in [0.2, 0.25) is 0 Å². The maximum absolute atomic E-state index is 12.7. The van der Waals surface area contributed by atoms with Gasteiger partial charge in [-0.05, 0) is 74.9 Å². The summed E-state index contributed by atoms with van der Waals surface area (Å²) < 4.78 is 0. The lowest BCUT2D eigenvalue weighted by Crippen LogP contribution is -2.57. The number of rotatable bonds is 0. The summed E-state index contributed by atoms with van der Waals surface area (Å²) in [5, 5.41) is 15.4. The van der Waals surface area contributed by atoms with Gasteiger partial charge in [0, 0.05) is 23.9 Å². The number of hydrogen-bond acceptors (Lipinski definition) is 3. The summed E-state index contributed by atoms with van der Waals surface area (Å²) >= 11 is 0. The fraction of sp³-hybridized carbons (Fsp3) is 0.850. The Kier molecular flexibility index (Phi) is 3.13. The molecule has 1 unspecified atom stereocenters. The van der Waals surface area contributed by atoms with Crippen LogP contribution in [0.2, 0.25) is 0 Å². The minimum atomic E-state index is -0.691. The molecule has 3 saturated carbocycles. The normalized spacial score (nSPS) is 54.8. The van der Waals surface area contributed by atoms with E-state index < -0.39 is 5.60 Å². The van der Waals surface area contributed by atoms with Crippen LogP contribution in [-0.4, -0.2) is 28.6 Å². The van der Waals surface area contributed by atoms with Crippen molar-refractivity contribution in [3.8, 4) is 0 Å². The number of aliphatic hydroxyl groups is 1. The molecule has 4 fully saturated rings. The maximum Gasteiger partial charge on any atom is 0.159 e. The van der Waals surface area contributed by atoms with Gasteiger partial charge >= 0.3 is 0 Å². The van der Waals surface area contributed by atoms with Gasteiger partial charge in [0.25, 0.3) is 0 Å². The molecular weight excluding hydrogens is 286 g/mol. The van der Waals surface area contributed by atoms with Crippen LogP contribution in [0, 0.1) is 29.6 Å². The SMILES string of the molecule is C[C@H]1CC[C@@H]2[C@@H](CC3C[C@]2(O)C2=CC(=O)[C@@H]4CCCC[C@H]4[C@@H]23)N1. The summed E-state index contributed by atoms with van der Waals surface area (Å²) in [7, 11) is 0. The quantitative estimate of drug-likeness (QED) is 0.723. The van der Waals surface area contributed by atoms with Crippen molar-refractivity contribution < 1.29 is 9.90 Å². The second-order valence-corrected chi connectivity index (χ2v) is 9.06. The maximum atomic E-state index is 12.7. The highest BCUT2D eigenvalue weighted by molar-refractivity contribution is 5.94. The van der Waals surface area contributed by atoms with E-state index in [1.54, 1.807) is 0 Å². The molecule has 126 valence electrons. The lowest BCUT2D eigenvalue weighted by molar-refractivity contribution is -0.122. The summed E-state index contributed by atoms with van der Waals surface area (Å²) in [5.74, 6) is 2.51. The first-order valence-corrected chi connectivity index (χ1v) is 9.82. The minimum Gasteiger partial charge on any atom is -0.385 e. The van der Waals surface area contributed by atoms with Crippen LogP contribution in [0.3, 0.4) is 0 Å². The van der Waals surface area contributed by atoms with Crippen molar-refractivity contribution in [2.75, 3.05) is 0 Å². The molecule has 4 aliphatic carbocycles. The molecule has 1 heterocycles. The first kappa shape index (κ1) is 14.7. The van der Waals surface area contributed by atoms with Gasteiger partial charge in [-0.15, -0.1) is 0 Å². The highest BCUT2D eigenvalue weighted by Gasteiger charge is 2.62. The molecule has 0 spiro atoms. The van der Waals surface area contributed by atoms with E-state index in [4.69, 9.17) is 0 Å². The van der Waals surface area contributed by atoms with E-state index in [9.17, 15) is 9.90 Å². The number of piperidine rings is 1. The third-order valence-electron chi connectivity index (χ3n) is 7.95. The fourth-order valence-electron chi connectivity index (χ4n) is 7.11. The summed E-state index contributed by atoms with van der Waals surface area (Å²) in [6, 6.07) is 1.02. The monoisotopic (exact) mass is 315 g/mol. The van der Waals surface area contributed by atoms with Crippen LogP contribution in [-0.2, 0) is 4.79 Å². The van der Waals surface area contributed by atoms with Gasteiger partial charge in [-0.2, -0.15) is 0 Å². The van der Waals surface area contributed by atoms with Crippen LogP contribution in [0.15, 0.2) is 11.6 Å². The Labute approximate surface area is 138 Å². The predicted molar refractivity (Wildman–Crippen MR) is 88.8 cm³/mol. The molecule has 2 bridgehead atoms. The average Bonchev–Trinajstić information content (AvgIpc) is 2.76. The Hall–Kier alpha value is -0.670. The smallest absolute Gasteiger partial charge is 0.159 e. The zero-order chi connectivity index (χ0) is 15.8. The number of carbonyl (C=O) groups is 1. The number of hydrogen-bond donors (Lipinski definition) is 2. The third kappa shape index (κ3) is 1.93. The van der Waals surface area contributed by atoms with E-state index in [1.807, 2.05) is 6.08 Å². The van der Waals surface area contributed by atoms with Gasteiger partial charge in [0.05, 0.1) is 5.60 Å². The van der Waals surface area contributed by atoms with Crippen LogP contribution in [0.25, 0.3) is 0 Å². The molecule has 1 aliphatic heterocycles. The van der Waals surface area contributed by atoms with Crippen LogP contribution < -0.4 is 5.32 Å². The molecule has 3 heteroatoms. The fourth-order valence-corrected chi connectivity index (χ4v) is 7.11. The Morgan fingerprint density at radius 2 is 2.04 bits per heavy atom. The number of nitrogens with one attached hydrogen (secondary N) is 1. The predicted octanol–water partition coefficient (Wildman–Crippen LogP) is 2.83. The van der Waals surface area contributed by atoms with Gasteiger partial charge in [-0.3, -0.25) is 4.79 Å². The minimum absolute atomic E-state index is 0.259. The summed E-state index contributed by atoms with van der Waals surface area (Å²) in [6.45, 7) is 2.27. The Bertz CT molecular complexity index is 570. The van der Waals surface area contributed by atoms with Gasteiger partial charge in [0.1, 0.15) is 0 Å². The molecule has 0 aromatic rings. The zero-order valence-corrected chi connectivity index (χ0v) is 14.1. The molecular formula is C20H29NO2. The molecule has 0 radical (unpaired) electrons. The second kappa shape index (κ2) is 4.92. The Balaban J connectivity index is 1.57. The van der Waals surface area contributed by atoms with Crippen molar-refractivity contribution in [1.29, 1.82) is 0 Å². The molecule has 0 aromatic carbocycles. The lowest BCUT2D eigenvalue weighted by atomic mass is 9.63. The standard InChI is InChI=1S/C20H29NO2/c1-11-6-7-15-17(21-11)8-12-10-20(15,23)16-9-18(22)13-4-2-3-5-14(13)19(12)16/h9,11-15,17,19,21,23H,2-8,10H2,1H3/t11-,12?,13+,14+,15+,17+,19-,20+/m0/s1. The molecule has 8 atom stereocenters. The highest BCUT2D eigenvalue weighted by Crippen LogP contribution is 2.62. The molecule has 23 heavy (non-hydrogen) atoms. The van der Waals surface area contributed by atoms with E-state index in [0.717, 1.165) is 31.3 Å². The zero-order valence-electron chi connectivity index (χ0n) is 14.1. The Morgan fingerprint density at radius 3 is 2.91 bits per heavy atom. The number of carbonyl (C=O) groups excluding carboxylic acids is 1. The molecule has 2 N–H and O–H groups in total. The summed E-state index contributed by atoms with van der Waals surface area (Å²) in [4.78, 5) is 12.7. The molecule has 5 rings (SSSR count). The highest BCUT2D eigenvalue weighted by atomic mass is 16.3. The van der Waals surface area contributed by atoms with Gasteiger partial charge in [0.15, 0.2) is 5.78 Å². The van der Waals surface area contributed by atoms with Crippen LogP contribution in [0.5, 0.6) is 0 Å². The average molecular weight is 315 g/mol. The molecule has 0 aromatic heterocycles. The number of fused-ring (bicyclic) bond motifs is 9. The van der Waals surface area contributed by atoms with Crippen molar-refractivity contribution in [1.82, 2.24) is 5.32 Å². The van der Waals surface area contributed by atoms with E-state index in [1.165, 1.54) is 25.7 Å². The first-order chi connectivity index (χ1) is 11.1. The van der Waals surface area contributed by atoms with Crippen molar-refractivity contribution >= 4 is 5.78 Å². The molecule has 5 aliphatic rings. The van der Waals surface area contributed by atoms with Gasteiger partial charge in [-0.25, -0.2) is 0 Å². The molecule has 0 amide bonds. The van der Waals surface area contributed by atoms with Crippen molar-refractivity contribution in [3.63, 3.8) is 0 Å². The van der Waals surface area contributed by atoms with Crippen molar-refractivity contribution in [2.24, 2.45) is 29.6 Å². The Morgan fingerprint density at radius 1 is 1.22 bits per heavy atom. The van der Waals surface area contributed by atoms with E-state index in [-0.39, 0.29) is 5.92 Å². The van der Waals surface area contributed by atoms with Gasteiger partial charge in [-0.1, -0.05) is 12.8 Å². The number of allylic oxidation sites excluding steroid dienone is 1. The first-order valence-electron chi connectivity index (χ1n) is 9.82. The summed E-state index contributed by atoms with van der Waals surface area (Å²) in [6.07, 6.45) is 11.0. The summed E-state index contributed by atoms with van der Waals surface area (Å²) in [5.41, 5.74) is 0.461. The number of ketones is 1. The van der Waals surface area contributed by atoms with Crippen molar-refractivity contribution in [3.05, 3.63) is 11.6 Å². The van der Waals surface area contributed by atoms with E-state index >= 15 is 0 Å². The molecule has 3 nitrogen and oxygen atoms in total. The largest absolute Gasteiger partial charge is 0.385 e. The van der Waals surface area contributed by atoms with Crippen LogP contribution in [0.4, 0.5) is 0 Å². The molecule has 1 saturated heterocycles. The lowest BCUT2D eigenvalue weighted by Gasteiger charge is -2.47. The van der Waals surface area contributed by atoms with E-state index in [2.05, 4.69) is 12.2 Å². The third-order valence-corrected chi connectivity index (χ3v) is 7.95. The van der Waals surface area contributed by atoms with E-state index in [0.29, 0.717) is 41.5 Å². The van der Waals surface area contributed by atoms with Crippen LogP contribution in [0.1, 0.15) is 58.3 Å². The van der Waals surface area contributed by atoms with Gasteiger partial charge < -0.3 is 10.4 Å². The topological polar surface area (TPSA) is 49.3 Å². The van der Waals surface area contributed by atoms with Crippen LogP contribution >= 0.6 is 0 Å².